The maximum atomic E-state index is 6.94. The Kier molecular flexibility index (Phi) is 9.35. The van der Waals surface area contributed by atoms with Gasteiger partial charge in [0.1, 0.15) is 22.3 Å². The van der Waals surface area contributed by atoms with Crippen LogP contribution in [0.15, 0.2) is 209 Å². The van der Waals surface area contributed by atoms with Crippen molar-refractivity contribution < 1.29 is 8.83 Å². The van der Waals surface area contributed by atoms with Gasteiger partial charge >= 0.3 is 0 Å². The normalized spacial score (nSPS) is 19.2. The van der Waals surface area contributed by atoms with Crippen LogP contribution in [0.4, 0.5) is 0 Å². The molecule has 0 atom stereocenters. The first-order valence-electron chi connectivity index (χ1n) is 25.5. The van der Waals surface area contributed by atoms with Crippen LogP contribution >= 0.6 is 0 Å². The molecule has 0 N–H and O–H groups in total. The van der Waals surface area contributed by atoms with Gasteiger partial charge in [-0.05, 0) is 178 Å². The average molecular weight is 929 g/mol. The molecule has 4 heterocycles. The molecule has 72 heavy (non-hydrogen) atoms. The van der Waals surface area contributed by atoms with E-state index in [1.165, 1.54) is 44.1 Å². The van der Waals surface area contributed by atoms with Crippen LogP contribution < -0.4 is 0 Å². The van der Waals surface area contributed by atoms with Crippen LogP contribution in [-0.4, -0.2) is 19.9 Å². The van der Waals surface area contributed by atoms with Gasteiger partial charge in [-0.3, -0.25) is 4.98 Å². The van der Waals surface area contributed by atoms with Crippen LogP contribution in [0, 0.1) is 17.8 Å². The molecule has 4 saturated carbocycles. The zero-order chi connectivity index (χ0) is 47.3. The standard InChI is InChI=1S/C66H48N4O2/c1-3-10-43(11-4-1)47-20-23-60-56(34-47)57-35-50(44-12-5-2-6-13-44)36-58(62(57)72-60)65-69-63(68-64(70-65)55-16-9-15-54-53-14-7-8-17-59(53)71-61(54)55)51-32-48(31-49(33-51)46-24-26-67-27-25-46)45-18-21-52(22-19-45)66-37-40-28-41(38-66)30-42(29-40)39-66/h1-27,31-36,40-42H,28-30,37-39H2. The van der Waals surface area contributed by atoms with Crippen molar-refractivity contribution in [3.8, 4) is 78.7 Å². The third-order valence-electron chi connectivity index (χ3n) is 16.4. The predicted molar refractivity (Wildman–Crippen MR) is 290 cm³/mol. The van der Waals surface area contributed by atoms with E-state index >= 15 is 0 Å². The number of para-hydroxylation sites is 2. The molecule has 8 aromatic carbocycles. The molecule has 12 aromatic rings. The Morgan fingerprint density at radius 1 is 0.347 bits per heavy atom. The number of furan rings is 2. The predicted octanol–water partition coefficient (Wildman–Crippen LogP) is 17.2. The summed E-state index contributed by atoms with van der Waals surface area (Å²) >= 11 is 0. The first kappa shape index (κ1) is 41.3. The second-order valence-electron chi connectivity index (χ2n) is 20.8. The van der Waals surface area contributed by atoms with Gasteiger partial charge in [0.25, 0.3) is 0 Å². The Morgan fingerprint density at radius 3 is 1.57 bits per heavy atom. The minimum Gasteiger partial charge on any atom is -0.455 e. The molecule has 4 aliphatic carbocycles. The van der Waals surface area contributed by atoms with Gasteiger partial charge in [-0.2, -0.15) is 0 Å². The summed E-state index contributed by atoms with van der Waals surface area (Å²) in [7, 11) is 0. The van der Waals surface area contributed by atoms with Gasteiger partial charge in [0.05, 0.1) is 11.1 Å². The van der Waals surface area contributed by atoms with Gasteiger partial charge in [0, 0.05) is 39.5 Å². The lowest BCUT2D eigenvalue weighted by molar-refractivity contribution is -0.00518. The molecular formula is C66H48N4O2. The summed E-state index contributed by atoms with van der Waals surface area (Å²) in [6.07, 6.45) is 12.1. The van der Waals surface area contributed by atoms with Gasteiger partial charge < -0.3 is 8.83 Å². The Hall–Kier alpha value is -8.48. The van der Waals surface area contributed by atoms with E-state index in [1.54, 1.807) is 0 Å². The minimum absolute atomic E-state index is 0.324. The van der Waals surface area contributed by atoms with Gasteiger partial charge in [-0.1, -0.05) is 121 Å². The molecule has 4 aromatic heterocycles. The Balaban J connectivity index is 0.954. The van der Waals surface area contributed by atoms with Crippen molar-refractivity contribution in [3.63, 3.8) is 0 Å². The highest BCUT2D eigenvalue weighted by molar-refractivity contribution is 6.12. The fourth-order valence-corrected chi connectivity index (χ4v) is 13.4. The van der Waals surface area contributed by atoms with E-state index in [4.69, 9.17) is 23.8 Å². The van der Waals surface area contributed by atoms with Gasteiger partial charge in [-0.15, -0.1) is 0 Å². The Labute approximate surface area is 417 Å². The number of hydrogen-bond acceptors (Lipinski definition) is 6. The number of fused-ring (bicyclic) bond motifs is 6. The largest absolute Gasteiger partial charge is 0.455 e. The van der Waals surface area contributed by atoms with Crippen LogP contribution in [-0.2, 0) is 5.41 Å². The van der Waals surface area contributed by atoms with Gasteiger partial charge in [0.15, 0.2) is 17.5 Å². The number of benzene rings is 8. The SMILES string of the molecule is c1ccc(-c2ccc3oc4c(-c5nc(-c6cc(-c7ccncc7)cc(-c7ccc(C89CC%10CC(CC(C%10)C8)C9)cc7)c6)nc(-c6cccc7c6oc6ccccc67)n5)cc(-c5ccccc5)cc4c3c2)cc1. The fourth-order valence-electron chi connectivity index (χ4n) is 13.4. The molecule has 0 radical (unpaired) electrons. The molecule has 6 nitrogen and oxygen atoms in total. The number of pyridine rings is 1. The van der Waals surface area contributed by atoms with E-state index in [9.17, 15) is 0 Å². The van der Waals surface area contributed by atoms with Crippen LogP contribution in [0.5, 0.6) is 0 Å². The lowest BCUT2D eigenvalue weighted by atomic mass is 9.48. The van der Waals surface area contributed by atoms with E-state index in [0.717, 1.165) is 117 Å². The van der Waals surface area contributed by atoms with Crippen molar-refractivity contribution in [2.45, 2.75) is 43.9 Å². The topological polar surface area (TPSA) is 77.8 Å². The van der Waals surface area contributed by atoms with E-state index in [0.29, 0.717) is 28.5 Å². The second kappa shape index (κ2) is 16.3. The highest BCUT2D eigenvalue weighted by Crippen LogP contribution is 2.61. The summed E-state index contributed by atoms with van der Waals surface area (Å²) in [5, 5.41) is 4.06. The minimum atomic E-state index is 0.324. The summed E-state index contributed by atoms with van der Waals surface area (Å²) in [4.78, 5) is 20.8. The smallest absolute Gasteiger partial charge is 0.167 e. The lowest BCUT2D eigenvalue weighted by Gasteiger charge is -2.57. The zero-order valence-corrected chi connectivity index (χ0v) is 39.6. The number of aromatic nitrogens is 4. The summed E-state index contributed by atoms with van der Waals surface area (Å²) in [6.45, 7) is 0. The highest BCUT2D eigenvalue weighted by atomic mass is 16.3. The first-order chi connectivity index (χ1) is 35.5. The maximum Gasteiger partial charge on any atom is 0.167 e. The Morgan fingerprint density at radius 2 is 0.861 bits per heavy atom. The summed E-state index contributed by atoms with van der Waals surface area (Å²) in [5.41, 5.74) is 16.1. The van der Waals surface area contributed by atoms with Crippen LogP contribution in [0.3, 0.4) is 0 Å². The van der Waals surface area contributed by atoms with Gasteiger partial charge in [0.2, 0.25) is 0 Å². The number of rotatable bonds is 8. The molecule has 344 valence electrons. The van der Waals surface area contributed by atoms with E-state index < -0.39 is 0 Å². The van der Waals surface area contributed by atoms with E-state index in [-0.39, 0.29) is 0 Å². The second-order valence-corrected chi connectivity index (χ2v) is 20.8. The van der Waals surface area contributed by atoms with E-state index in [2.05, 4.69) is 175 Å². The zero-order valence-electron chi connectivity index (χ0n) is 39.6. The molecule has 0 amide bonds. The van der Waals surface area contributed by atoms with E-state index in [1.807, 2.05) is 30.6 Å². The molecule has 0 aliphatic heterocycles. The maximum absolute atomic E-state index is 6.94. The summed E-state index contributed by atoms with van der Waals surface area (Å²) < 4.78 is 13.6. The number of nitrogens with zero attached hydrogens (tertiary/aromatic N) is 4. The third-order valence-corrected chi connectivity index (χ3v) is 16.4. The van der Waals surface area contributed by atoms with Crippen molar-refractivity contribution in [2.75, 3.05) is 0 Å². The molecule has 0 spiro atoms. The first-order valence-corrected chi connectivity index (χ1v) is 25.5. The average Bonchev–Trinajstić information content (AvgIpc) is 4.01. The van der Waals surface area contributed by atoms with Crippen molar-refractivity contribution in [3.05, 3.63) is 206 Å². The van der Waals surface area contributed by atoms with Crippen molar-refractivity contribution in [1.82, 2.24) is 19.9 Å². The van der Waals surface area contributed by atoms with Crippen LogP contribution in [0.25, 0.3) is 123 Å². The molecule has 6 heteroatoms. The molecule has 4 aliphatic rings. The molecule has 16 rings (SSSR count). The van der Waals surface area contributed by atoms with Crippen LogP contribution in [0.2, 0.25) is 0 Å². The summed E-state index contributed by atoms with van der Waals surface area (Å²) in [5.74, 6) is 4.23. The lowest BCUT2D eigenvalue weighted by Crippen LogP contribution is -2.48. The summed E-state index contributed by atoms with van der Waals surface area (Å²) in [6, 6.07) is 66.8. The monoisotopic (exact) mass is 928 g/mol. The Bertz CT molecular complexity index is 4030. The number of hydrogen-bond donors (Lipinski definition) is 0. The molecular weight excluding hydrogens is 881 g/mol. The molecule has 4 bridgehead atoms. The van der Waals surface area contributed by atoms with Crippen molar-refractivity contribution in [1.29, 1.82) is 0 Å². The van der Waals surface area contributed by atoms with Crippen molar-refractivity contribution in [2.24, 2.45) is 17.8 Å². The van der Waals surface area contributed by atoms with Crippen molar-refractivity contribution >= 4 is 43.9 Å². The fraction of sp³-hybridized carbons (Fsp3) is 0.152. The van der Waals surface area contributed by atoms with Gasteiger partial charge in [-0.25, -0.2) is 15.0 Å². The molecule has 0 unspecified atom stereocenters. The van der Waals surface area contributed by atoms with Crippen LogP contribution in [0.1, 0.15) is 44.1 Å². The molecule has 4 fully saturated rings. The third kappa shape index (κ3) is 6.91. The quantitative estimate of drug-likeness (QED) is 0.151. The molecule has 0 saturated heterocycles. The highest BCUT2D eigenvalue weighted by Gasteiger charge is 2.51.